The fraction of sp³-hybridized carbons (Fsp3) is 0.312. The fourth-order valence-electron chi connectivity index (χ4n) is 2.13. The molecule has 2 rings (SSSR count). The Morgan fingerprint density at radius 3 is 2.68 bits per heavy atom. The molecule has 0 unspecified atom stereocenters. The minimum Gasteiger partial charge on any atom is -0.327 e. The molecule has 132 valence electrons. The number of amides is 2. The predicted molar refractivity (Wildman–Crippen MR) is 94.7 cm³/mol. The molecule has 25 heavy (non-hydrogen) atoms. The van der Waals surface area contributed by atoms with Crippen LogP contribution < -0.4 is 5.32 Å². The van der Waals surface area contributed by atoms with E-state index in [0.29, 0.717) is 5.13 Å². The zero-order chi connectivity index (χ0) is 18.6. The van der Waals surface area contributed by atoms with Gasteiger partial charge in [0, 0.05) is 34.8 Å². The summed E-state index contributed by atoms with van der Waals surface area (Å²) in [7, 11) is 0. The Morgan fingerprint density at radius 2 is 2.12 bits per heavy atom. The van der Waals surface area contributed by atoms with Gasteiger partial charge in [-0.25, -0.2) is 4.98 Å². The number of non-ortho nitro benzene ring substituents is 1. The van der Waals surface area contributed by atoms with Crippen LogP contribution in [-0.4, -0.2) is 39.2 Å². The fourth-order valence-corrected chi connectivity index (χ4v) is 2.81. The van der Waals surface area contributed by atoms with Crippen LogP contribution >= 0.6 is 11.3 Å². The van der Waals surface area contributed by atoms with E-state index < -0.39 is 10.8 Å². The Kier molecular flexibility index (Phi) is 5.81. The first kappa shape index (κ1) is 18.5. The maximum atomic E-state index is 12.7. The van der Waals surface area contributed by atoms with Gasteiger partial charge < -0.3 is 10.2 Å². The zero-order valence-electron chi connectivity index (χ0n) is 14.1. The Labute approximate surface area is 148 Å². The lowest BCUT2D eigenvalue weighted by Crippen LogP contribution is -2.42. The van der Waals surface area contributed by atoms with E-state index >= 15 is 0 Å². The summed E-state index contributed by atoms with van der Waals surface area (Å²) in [6.45, 7) is 5.25. The topological polar surface area (TPSA) is 105 Å². The van der Waals surface area contributed by atoms with Gasteiger partial charge in [0.25, 0.3) is 11.6 Å². The number of anilines is 1. The first-order valence-corrected chi connectivity index (χ1v) is 8.37. The molecule has 0 radical (unpaired) electrons. The van der Waals surface area contributed by atoms with Crippen LogP contribution in [-0.2, 0) is 4.79 Å². The molecule has 0 aliphatic rings. The van der Waals surface area contributed by atoms with E-state index in [1.807, 2.05) is 6.92 Å². The van der Waals surface area contributed by atoms with E-state index in [0.717, 1.165) is 4.88 Å². The summed E-state index contributed by atoms with van der Waals surface area (Å²) in [6.07, 6.45) is 1.65. The molecule has 2 aromatic rings. The van der Waals surface area contributed by atoms with Gasteiger partial charge in [-0.1, -0.05) is 6.07 Å². The maximum Gasteiger partial charge on any atom is 0.270 e. The summed E-state index contributed by atoms with van der Waals surface area (Å²) in [5.74, 6) is -0.814. The quantitative estimate of drug-likeness (QED) is 0.628. The van der Waals surface area contributed by atoms with E-state index in [1.54, 1.807) is 20.0 Å². The summed E-state index contributed by atoms with van der Waals surface area (Å²) < 4.78 is 0. The maximum absolute atomic E-state index is 12.7. The second-order valence-corrected chi connectivity index (χ2v) is 6.89. The van der Waals surface area contributed by atoms with Crippen LogP contribution in [0.15, 0.2) is 30.5 Å². The number of nitro groups is 1. The molecule has 2 amide bonds. The van der Waals surface area contributed by atoms with Gasteiger partial charge in [0.15, 0.2) is 5.13 Å². The summed E-state index contributed by atoms with van der Waals surface area (Å²) in [5, 5.41) is 14.0. The summed E-state index contributed by atoms with van der Waals surface area (Å²) in [4.78, 5) is 41.5. The number of aryl methyl sites for hydroxylation is 1. The third-order valence-corrected chi connectivity index (χ3v) is 4.20. The van der Waals surface area contributed by atoms with Crippen LogP contribution in [0.4, 0.5) is 10.8 Å². The molecule has 0 aliphatic carbocycles. The lowest BCUT2D eigenvalue weighted by atomic mass is 10.1. The van der Waals surface area contributed by atoms with Crippen LogP contribution in [0.3, 0.4) is 0 Å². The molecule has 1 aromatic carbocycles. The van der Waals surface area contributed by atoms with E-state index in [4.69, 9.17) is 0 Å². The number of hydrogen-bond donors (Lipinski definition) is 1. The van der Waals surface area contributed by atoms with Gasteiger partial charge in [-0.3, -0.25) is 19.7 Å². The van der Waals surface area contributed by atoms with E-state index in [2.05, 4.69) is 10.3 Å². The molecule has 0 saturated carbocycles. The van der Waals surface area contributed by atoms with E-state index in [1.165, 1.54) is 40.5 Å². The number of thiazole rings is 1. The highest BCUT2D eigenvalue weighted by Crippen LogP contribution is 2.18. The highest BCUT2D eigenvalue weighted by Gasteiger charge is 2.23. The minimum atomic E-state index is -0.562. The van der Waals surface area contributed by atoms with Crippen molar-refractivity contribution >= 4 is 34.0 Å². The first-order chi connectivity index (χ1) is 11.8. The molecular formula is C16H18N4O4S. The number of rotatable bonds is 6. The highest BCUT2D eigenvalue weighted by atomic mass is 32.1. The predicted octanol–water partition coefficient (Wildman–Crippen LogP) is 2.85. The number of benzene rings is 1. The Balaban J connectivity index is 2.14. The van der Waals surface area contributed by atoms with Crippen molar-refractivity contribution in [1.82, 2.24) is 9.88 Å². The minimum absolute atomic E-state index is 0.167. The molecule has 9 heteroatoms. The van der Waals surface area contributed by atoms with Crippen LogP contribution in [0.5, 0.6) is 0 Å². The number of hydrogen-bond acceptors (Lipinski definition) is 6. The second kappa shape index (κ2) is 7.84. The smallest absolute Gasteiger partial charge is 0.270 e. The van der Waals surface area contributed by atoms with Crippen LogP contribution in [0.2, 0.25) is 0 Å². The molecular weight excluding hydrogens is 344 g/mol. The molecule has 0 bridgehead atoms. The second-order valence-electron chi connectivity index (χ2n) is 5.66. The number of aromatic nitrogens is 1. The number of nitro benzene ring substituents is 1. The first-order valence-electron chi connectivity index (χ1n) is 7.55. The zero-order valence-corrected chi connectivity index (χ0v) is 14.9. The van der Waals surface area contributed by atoms with Crippen molar-refractivity contribution in [3.63, 3.8) is 0 Å². The van der Waals surface area contributed by atoms with Crippen LogP contribution in [0.25, 0.3) is 0 Å². The highest BCUT2D eigenvalue weighted by molar-refractivity contribution is 7.15. The van der Waals surface area contributed by atoms with Gasteiger partial charge in [0.2, 0.25) is 5.91 Å². The number of nitrogens with zero attached hydrogens (tertiary/aromatic N) is 3. The molecule has 0 aliphatic heterocycles. The van der Waals surface area contributed by atoms with Gasteiger partial charge in [0.1, 0.15) is 6.54 Å². The molecule has 8 nitrogen and oxygen atoms in total. The van der Waals surface area contributed by atoms with Gasteiger partial charge >= 0.3 is 0 Å². The van der Waals surface area contributed by atoms with E-state index in [9.17, 15) is 19.7 Å². The average molecular weight is 362 g/mol. The van der Waals surface area contributed by atoms with Gasteiger partial charge in [-0.2, -0.15) is 0 Å². The van der Waals surface area contributed by atoms with Crippen molar-refractivity contribution in [3.8, 4) is 0 Å². The third kappa shape index (κ3) is 4.83. The van der Waals surface area contributed by atoms with Gasteiger partial charge in [-0.05, 0) is 26.8 Å². The normalized spacial score (nSPS) is 10.6. The van der Waals surface area contributed by atoms with Crippen molar-refractivity contribution in [3.05, 3.63) is 51.0 Å². The standard InChI is InChI=1S/C16H18N4O4S/c1-10(2)19(9-14(21)18-16-17-8-11(3)25-16)15(22)12-5-4-6-13(7-12)20(23)24/h4-8,10H,9H2,1-3H3,(H,17,18,21). The number of carbonyl (C=O) groups is 2. The lowest BCUT2D eigenvalue weighted by molar-refractivity contribution is -0.384. The molecule has 0 fully saturated rings. The average Bonchev–Trinajstić information content (AvgIpc) is 2.96. The SMILES string of the molecule is Cc1cnc(NC(=O)CN(C(=O)c2cccc([N+](=O)[O-])c2)C(C)C)s1. The summed E-state index contributed by atoms with van der Waals surface area (Å²) in [6, 6.07) is 5.21. The molecule has 1 heterocycles. The molecule has 1 aromatic heterocycles. The molecule has 0 atom stereocenters. The summed E-state index contributed by atoms with van der Waals surface area (Å²) in [5.41, 5.74) is -0.00179. The van der Waals surface area contributed by atoms with Crippen molar-refractivity contribution in [2.24, 2.45) is 0 Å². The lowest BCUT2D eigenvalue weighted by Gasteiger charge is -2.26. The number of carbonyl (C=O) groups excluding carboxylic acids is 2. The third-order valence-electron chi connectivity index (χ3n) is 3.37. The molecule has 0 saturated heterocycles. The van der Waals surface area contributed by atoms with Gasteiger partial charge in [-0.15, -0.1) is 11.3 Å². The number of nitrogens with one attached hydrogen (secondary N) is 1. The largest absolute Gasteiger partial charge is 0.327 e. The Hall–Kier alpha value is -2.81. The van der Waals surface area contributed by atoms with Crippen molar-refractivity contribution in [2.45, 2.75) is 26.8 Å². The Bertz CT molecular complexity index is 803. The van der Waals surface area contributed by atoms with Crippen molar-refractivity contribution < 1.29 is 14.5 Å². The molecule has 1 N–H and O–H groups in total. The van der Waals surface area contributed by atoms with Crippen molar-refractivity contribution in [2.75, 3.05) is 11.9 Å². The van der Waals surface area contributed by atoms with Crippen LogP contribution in [0, 0.1) is 17.0 Å². The van der Waals surface area contributed by atoms with Crippen LogP contribution in [0.1, 0.15) is 29.1 Å². The van der Waals surface area contributed by atoms with Gasteiger partial charge in [0.05, 0.1) is 4.92 Å². The monoisotopic (exact) mass is 362 g/mol. The van der Waals surface area contributed by atoms with Crippen molar-refractivity contribution in [1.29, 1.82) is 0 Å². The summed E-state index contributed by atoms with van der Waals surface area (Å²) >= 11 is 1.34. The Morgan fingerprint density at radius 1 is 1.40 bits per heavy atom. The molecule has 0 spiro atoms. The van der Waals surface area contributed by atoms with E-state index in [-0.39, 0.29) is 29.7 Å².